The van der Waals surface area contributed by atoms with Crippen molar-refractivity contribution in [3.05, 3.63) is 34.4 Å². The highest BCUT2D eigenvalue weighted by atomic mass is 32.2. The number of hydrogen-bond donors (Lipinski definition) is 0. The van der Waals surface area contributed by atoms with Gasteiger partial charge in [0.25, 0.3) is 5.69 Å². The van der Waals surface area contributed by atoms with Crippen molar-refractivity contribution in [1.29, 1.82) is 0 Å². The quantitative estimate of drug-likeness (QED) is 0.440. The van der Waals surface area contributed by atoms with Crippen LogP contribution in [0.25, 0.3) is 0 Å². The number of nitro groups is 1. The molecule has 7 heteroatoms. The van der Waals surface area contributed by atoms with Crippen molar-refractivity contribution in [3.63, 3.8) is 0 Å². The number of hydrogen-bond acceptors (Lipinski definition) is 5. The summed E-state index contributed by atoms with van der Waals surface area (Å²) in [6.45, 7) is 6.21. The normalized spacial score (nSPS) is 18.6. The van der Waals surface area contributed by atoms with Crippen LogP contribution in [0.4, 0.5) is 5.69 Å². The molecule has 138 valence electrons. The maximum absolute atomic E-state index is 12.8. The van der Waals surface area contributed by atoms with Gasteiger partial charge in [-0.05, 0) is 64.9 Å². The highest BCUT2D eigenvalue weighted by Crippen LogP contribution is 2.28. The van der Waals surface area contributed by atoms with Crippen LogP contribution in [0.2, 0.25) is 0 Å². The first-order valence-corrected chi connectivity index (χ1v) is 9.54. The summed E-state index contributed by atoms with van der Waals surface area (Å²) in [6.07, 6.45) is 2.25. The molecular formula is C18H27N3O3S. The van der Waals surface area contributed by atoms with Crippen LogP contribution in [0.3, 0.4) is 0 Å². The Bertz CT molecular complexity index is 600. The fourth-order valence-electron chi connectivity index (χ4n) is 3.22. The summed E-state index contributed by atoms with van der Waals surface area (Å²) < 4.78 is 0. The number of carbonyl (C=O) groups is 1. The SMILES string of the molecule is C[C@@H](Sc1ccc([N+](=O)[O-])cc1)C(=O)N(C)[C@@H](C)C1CCN(C)CC1. The molecule has 1 aliphatic heterocycles. The van der Waals surface area contributed by atoms with Crippen molar-refractivity contribution >= 4 is 23.4 Å². The van der Waals surface area contributed by atoms with Gasteiger partial charge in [-0.1, -0.05) is 0 Å². The first-order valence-electron chi connectivity index (χ1n) is 8.66. The zero-order valence-electron chi connectivity index (χ0n) is 15.3. The van der Waals surface area contributed by atoms with Crippen molar-refractivity contribution < 1.29 is 9.72 Å². The maximum atomic E-state index is 12.8. The molecule has 1 aliphatic rings. The summed E-state index contributed by atoms with van der Waals surface area (Å²) in [6, 6.07) is 6.58. The van der Waals surface area contributed by atoms with Crippen LogP contribution >= 0.6 is 11.8 Å². The number of benzene rings is 1. The fraction of sp³-hybridized carbons (Fsp3) is 0.611. The van der Waals surface area contributed by atoms with E-state index in [0.717, 1.165) is 30.8 Å². The van der Waals surface area contributed by atoms with E-state index < -0.39 is 4.92 Å². The first-order chi connectivity index (χ1) is 11.8. The van der Waals surface area contributed by atoms with Crippen LogP contribution in [0.15, 0.2) is 29.2 Å². The Balaban J connectivity index is 1.92. The van der Waals surface area contributed by atoms with Crippen LogP contribution < -0.4 is 0 Å². The lowest BCUT2D eigenvalue weighted by molar-refractivity contribution is -0.384. The second kappa shape index (κ2) is 8.67. The molecular weight excluding hydrogens is 338 g/mol. The molecule has 1 fully saturated rings. The molecule has 0 bridgehead atoms. The summed E-state index contributed by atoms with van der Waals surface area (Å²) in [4.78, 5) is 28.1. The van der Waals surface area contributed by atoms with Crippen LogP contribution in [-0.4, -0.2) is 59.1 Å². The molecule has 0 aliphatic carbocycles. The minimum absolute atomic E-state index is 0.0661. The smallest absolute Gasteiger partial charge is 0.269 e. The monoisotopic (exact) mass is 365 g/mol. The molecule has 25 heavy (non-hydrogen) atoms. The maximum Gasteiger partial charge on any atom is 0.269 e. The third-order valence-electron chi connectivity index (χ3n) is 5.11. The van der Waals surface area contributed by atoms with Crippen molar-refractivity contribution in [2.75, 3.05) is 27.2 Å². The van der Waals surface area contributed by atoms with Gasteiger partial charge >= 0.3 is 0 Å². The number of amides is 1. The molecule has 1 saturated heterocycles. The second-order valence-corrected chi connectivity index (χ2v) is 8.26. The zero-order chi connectivity index (χ0) is 18.6. The van der Waals surface area contributed by atoms with Gasteiger partial charge in [0.2, 0.25) is 5.91 Å². The van der Waals surface area contributed by atoms with Crippen LogP contribution in [0, 0.1) is 16.0 Å². The number of carbonyl (C=O) groups excluding carboxylic acids is 1. The Morgan fingerprint density at radius 3 is 2.36 bits per heavy atom. The number of non-ortho nitro benzene ring substituents is 1. The number of rotatable bonds is 6. The van der Waals surface area contributed by atoms with E-state index in [9.17, 15) is 14.9 Å². The van der Waals surface area contributed by atoms with Gasteiger partial charge in [0.1, 0.15) is 0 Å². The van der Waals surface area contributed by atoms with Gasteiger partial charge < -0.3 is 9.80 Å². The molecule has 1 amide bonds. The highest BCUT2D eigenvalue weighted by molar-refractivity contribution is 8.00. The molecule has 2 rings (SSSR count). The van der Waals surface area contributed by atoms with Crippen LogP contribution in [0.5, 0.6) is 0 Å². The van der Waals surface area contributed by atoms with E-state index in [-0.39, 0.29) is 22.9 Å². The van der Waals surface area contributed by atoms with Gasteiger partial charge in [0.15, 0.2) is 0 Å². The fourth-order valence-corrected chi connectivity index (χ4v) is 4.18. The minimum Gasteiger partial charge on any atom is -0.342 e. The van der Waals surface area contributed by atoms with E-state index in [1.54, 1.807) is 12.1 Å². The van der Waals surface area contributed by atoms with E-state index in [1.165, 1.54) is 23.9 Å². The van der Waals surface area contributed by atoms with Gasteiger partial charge in [0.05, 0.1) is 10.2 Å². The Morgan fingerprint density at radius 2 is 1.84 bits per heavy atom. The largest absolute Gasteiger partial charge is 0.342 e. The number of nitro benzene ring substituents is 1. The third-order valence-corrected chi connectivity index (χ3v) is 6.21. The average Bonchev–Trinajstić information content (AvgIpc) is 2.60. The Kier molecular flexibility index (Phi) is 6.84. The average molecular weight is 365 g/mol. The molecule has 1 aromatic carbocycles. The van der Waals surface area contributed by atoms with Gasteiger partial charge in [-0.2, -0.15) is 0 Å². The standard InChI is InChI=1S/C18H27N3O3S/c1-13(15-9-11-19(3)12-10-15)20(4)18(22)14(2)25-17-7-5-16(6-8-17)21(23)24/h5-8,13-15H,9-12H2,1-4H3/t13-,14+/m0/s1. The van der Waals surface area contributed by atoms with E-state index in [0.29, 0.717) is 5.92 Å². The molecule has 0 saturated carbocycles. The van der Waals surface area contributed by atoms with Crippen molar-refractivity contribution in [2.45, 2.75) is 42.9 Å². The van der Waals surface area contributed by atoms with Gasteiger partial charge in [-0.25, -0.2) is 0 Å². The molecule has 0 unspecified atom stereocenters. The topological polar surface area (TPSA) is 66.7 Å². The molecule has 0 radical (unpaired) electrons. The van der Waals surface area contributed by atoms with E-state index in [2.05, 4.69) is 18.9 Å². The van der Waals surface area contributed by atoms with E-state index in [4.69, 9.17) is 0 Å². The third kappa shape index (κ3) is 5.19. The Labute approximate surface area is 153 Å². The first kappa shape index (κ1) is 19.7. The Morgan fingerprint density at radius 1 is 1.28 bits per heavy atom. The number of nitrogens with zero attached hydrogens (tertiary/aromatic N) is 3. The molecule has 6 nitrogen and oxygen atoms in total. The van der Waals surface area contributed by atoms with E-state index in [1.807, 2.05) is 18.9 Å². The number of piperidine rings is 1. The van der Waals surface area contributed by atoms with Gasteiger partial charge in [-0.15, -0.1) is 11.8 Å². The molecule has 0 N–H and O–H groups in total. The van der Waals surface area contributed by atoms with Crippen LogP contribution in [0.1, 0.15) is 26.7 Å². The molecule has 1 heterocycles. The van der Waals surface area contributed by atoms with Crippen molar-refractivity contribution in [1.82, 2.24) is 9.80 Å². The summed E-state index contributed by atoms with van der Waals surface area (Å²) in [7, 11) is 4.02. The van der Waals surface area contributed by atoms with Crippen molar-refractivity contribution in [2.24, 2.45) is 5.92 Å². The second-order valence-electron chi connectivity index (χ2n) is 6.84. The van der Waals surface area contributed by atoms with Crippen LogP contribution in [-0.2, 0) is 4.79 Å². The molecule has 2 atom stereocenters. The van der Waals surface area contributed by atoms with E-state index >= 15 is 0 Å². The minimum atomic E-state index is -0.417. The predicted octanol–water partition coefficient (Wildman–Crippen LogP) is 3.26. The lowest BCUT2D eigenvalue weighted by Crippen LogP contribution is -2.46. The number of likely N-dealkylation sites (tertiary alicyclic amines) is 1. The Hall–Kier alpha value is -1.60. The zero-order valence-corrected chi connectivity index (χ0v) is 16.2. The number of thioether (sulfide) groups is 1. The highest BCUT2D eigenvalue weighted by Gasteiger charge is 2.29. The van der Waals surface area contributed by atoms with Gasteiger partial charge in [0, 0.05) is 30.1 Å². The summed E-state index contributed by atoms with van der Waals surface area (Å²) in [5, 5.41) is 10.5. The lowest BCUT2D eigenvalue weighted by Gasteiger charge is -2.37. The van der Waals surface area contributed by atoms with Gasteiger partial charge in [-0.3, -0.25) is 14.9 Å². The summed E-state index contributed by atoms with van der Waals surface area (Å²) in [5.74, 6) is 0.650. The van der Waals surface area contributed by atoms with Crippen molar-refractivity contribution in [3.8, 4) is 0 Å². The molecule has 0 aromatic heterocycles. The molecule has 0 spiro atoms. The summed E-state index contributed by atoms with van der Waals surface area (Å²) in [5.41, 5.74) is 0.0661. The predicted molar refractivity (Wildman–Crippen MR) is 101 cm³/mol. The molecule has 1 aromatic rings. The summed E-state index contributed by atoms with van der Waals surface area (Å²) >= 11 is 1.44. The lowest BCUT2D eigenvalue weighted by atomic mass is 9.89.